The zero-order chi connectivity index (χ0) is 19.5. The molecule has 9 heteroatoms. The van der Waals surface area contributed by atoms with E-state index in [1.165, 1.54) is 6.07 Å². The molecule has 8 nitrogen and oxygen atoms in total. The summed E-state index contributed by atoms with van der Waals surface area (Å²) in [4.78, 5) is 19.3. The van der Waals surface area contributed by atoms with E-state index in [1.807, 2.05) is 9.80 Å². The second-order valence-electron chi connectivity index (χ2n) is 7.45. The Labute approximate surface area is 163 Å². The summed E-state index contributed by atoms with van der Waals surface area (Å²) >= 11 is 0. The van der Waals surface area contributed by atoms with Crippen LogP contribution in [-0.2, 0) is 4.79 Å². The molecule has 2 saturated heterocycles. The summed E-state index contributed by atoms with van der Waals surface area (Å²) in [6, 6.07) is 4.94. The lowest BCUT2D eigenvalue weighted by molar-refractivity contribution is -0.134. The first-order chi connectivity index (χ1) is 13.7. The number of nitrogens with zero attached hydrogens (tertiary/aromatic N) is 6. The molecule has 4 rings (SSSR count). The molecular formula is C19H26FN7O. The Hall–Kier alpha value is -2.55. The van der Waals surface area contributed by atoms with E-state index in [2.05, 4.69) is 32.4 Å². The highest BCUT2D eigenvalue weighted by molar-refractivity contribution is 5.80. The van der Waals surface area contributed by atoms with Crippen molar-refractivity contribution in [3.63, 3.8) is 0 Å². The quantitative estimate of drug-likeness (QED) is 0.854. The number of rotatable bonds is 4. The van der Waals surface area contributed by atoms with Gasteiger partial charge in [-0.15, -0.1) is 10.2 Å². The van der Waals surface area contributed by atoms with Crippen molar-refractivity contribution >= 4 is 11.6 Å². The van der Waals surface area contributed by atoms with Gasteiger partial charge in [-0.1, -0.05) is 6.92 Å². The first-order valence-corrected chi connectivity index (χ1v) is 9.95. The molecule has 3 heterocycles. The van der Waals surface area contributed by atoms with Crippen LogP contribution in [0.15, 0.2) is 18.2 Å². The second-order valence-corrected chi connectivity index (χ2v) is 7.45. The molecule has 1 atom stereocenters. The van der Waals surface area contributed by atoms with Gasteiger partial charge in [-0.25, -0.2) is 4.39 Å². The van der Waals surface area contributed by atoms with Crippen molar-refractivity contribution in [3.05, 3.63) is 24.0 Å². The molecule has 2 aliphatic rings. The van der Waals surface area contributed by atoms with Gasteiger partial charge >= 0.3 is 0 Å². The van der Waals surface area contributed by atoms with Crippen molar-refractivity contribution in [2.75, 3.05) is 50.7 Å². The average Bonchev–Trinajstić information content (AvgIpc) is 3.35. The Morgan fingerprint density at radius 1 is 1.25 bits per heavy atom. The smallest absolute Gasteiger partial charge is 0.227 e. The van der Waals surface area contributed by atoms with E-state index in [0.717, 1.165) is 45.6 Å². The highest BCUT2D eigenvalue weighted by Crippen LogP contribution is 2.29. The first-order valence-electron chi connectivity index (χ1n) is 9.95. The van der Waals surface area contributed by atoms with Crippen molar-refractivity contribution in [3.8, 4) is 11.4 Å². The van der Waals surface area contributed by atoms with Crippen LogP contribution in [0.4, 0.5) is 10.1 Å². The van der Waals surface area contributed by atoms with Crippen LogP contribution in [0.1, 0.15) is 19.8 Å². The zero-order valence-corrected chi connectivity index (χ0v) is 16.1. The predicted octanol–water partition coefficient (Wildman–Crippen LogP) is 1.39. The molecule has 1 aromatic heterocycles. The van der Waals surface area contributed by atoms with Gasteiger partial charge in [-0.2, -0.15) is 5.21 Å². The molecule has 2 aromatic rings. The summed E-state index contributed by atoms with van der Waals surface area (Å²) in [5.41, 5.74) is 1.10. The molecule has 150 valence electrons. The van der Waals surface area contributed by atoms with Crippen LogP contribution in [0.25, 0.3) is 11.4 Å². The van der Waals surface area contributed by atoms with Crippen molar-refractivity contribution in [1.82, 2.24) is 30.4 Å². The molecule has 1 amide bonds. The minimum Gasteiger partial charge on any atom is -0.368 e. The van der Waals surface area contributed by atoms with Gasteiger partial charge in [0.1, 0.15) is 5.82 Å². The lowest BCUT2D eigenvalue weighted by atomic mass is 10.1. The van der Waals surface area contributed by atoms with E-state index in [-0.39, 0.29) is 17.6 Å². The van der Waals surface area contributed by atoms with Crippen LogP contribution in [0.2, 0.25) is 0 Å². The average molecular weight is 387 g/mol. The Balaban J connectivity index is 1.40. The van der Waals surface area contributed by atoms with Gasteiger partial charge in [0.2, 0.25) is 11.7 Å². The molecule has 2 aliphatic heterocycles. The summed E-state index contributed by atoms with van der Waals surface area (Å²) < 4.78 is 14.7. The third kappa shape index (κ3) is 3.84. The largest absolute Gasteiger partial charge is 0.368 e. The minimum absolute atomic E-state index is 0.0653. The van der Waals surface area contributed by atoms with E-state index >= 15 is 0 Å². The van der Waals surface area contributed by atoms with E-state index < -0.39 is 0 Å². The molecule has 28 heavy (non-hydrogen) atoms. The monoisotopic (exact) mass is 387 g/mol. The number of aromatic amines is 1. The van der Waals surface area contributed by atoms with Crippen molar-refractivity contribution in [1.29, 1.82) is 0 Å². The molecule has 0 saturated carbocycles. The van der Waals surface area contributed by atoms with Gasteiger partial charge in [-0.3, -0.25) is 4.79 Å². The molecule has 1 aromatic carbocycles. The standard InChI is InChI=1S/C19H26FN7O/c1-2-25-7-3-8-26(11-10-25)19(28)15-6-9-27(13-15)17-5-4-14(12-16(17)20)18-21-23-24-22-18/h4-5,12,15H,2-3,6-11,13H2,1H3,(H,21,22,23,24). The van der Waals surface area contributed by atoms with Crippen LogP contribution in [0.5, 0.6) is 0 Å². The Morgan fingerprint density at radius 2 is 2.14 bits per heavy atom. The summed E-state index contributed by atoms with van der Waals surface area (Å²) in [6.45, 7) is 8.02. The molecule has 0 bridgehead atoms. The third-order valence-electron chi connectivity index (χ3n) is 5.78. The summed E-state index contributed by atoms with van der Waals surface area (Å²) in [5.74, 6) is 0.180. The van der Waals surface area contributed by atoms with Gasteiger partial charge in [0, 0.05) is 38.3 Å². The highest BCUT2D eigenvalue weighted by atomic mass is 19.1. The number of hydrogen-bond donors (Lipinski definition) is 1. The minimum atomic E-state index is -0.330. The van der Waals surface area contributed by atoms with Gasteiger partial charge in [0.25, 0.3) is 0 Å². The summed E-state index contributed by atoms with van der Waals surface area (Å²) in [6.07, 6.45) is 1.78. The number of aromatic nitrogens is 4. The number of benzene rings is 1. The summed E-state index contributed by atoms with van der Waals surface area (Å²) in [5, 5.41) is 13.6. The van der Waals surface area contributed by atoms with Crippen LogP contribution in [0, 0.1) is 11.7 Å². The second kappa shape index (κ2) is 8.22. The van der Waals surface area contributed by atoms with E-state index in [9.17, 15) is 9.18 Å². The van der Waals surface area contributed by atoms with Gasteiger partial charge < -0.3 is 14.7 Å². The van der Waals surface area contributed by atoms with Gasteiger partial charge in [0.15, 0.2) is 0 Å². The topological polar surface area (TPSA) is 81.2 Å². The maximum Gasteiger partial charge on any atom is 0.227 e. The van der Waals surface area contributed by atoms with Crippen LogP contribution in [0.3, 0.4) is 0 Å². The van der Waals surface area contributed by atoms with Crippen LogP contribution < -0.4 is 4.90 Å². The molecular weight excluding hydrogens is 361 g/mol. The Bertz CT molecular complexity index is 813. The number of carbonyl (C=O) groups is 1. The van der Waals surface area contributed by atoms with E-state index in [0.29, 0.717) is 30.2 Å². The zero-order valence-electron chi connectivity index (χ0n) is 16.1. The lowest BCUT2D eigenvalue weighted by Gasteiger charge is -2.25. The number of H-pyrrole nitrogens is 1. The number of halogens is 1. The highest BCUT2D eigenvalue weighted by Gasteiger charge is 2.33. The van der Waals surface area contributed by atoms with Gasteiger partial charge in [-0.05, 0) is 49.3 Å². The molecule has 0 aliphatic carbocycles. The van der Waals surface area contributed by atoms with Crippen molar-refractivity contribution in [2.24, 2.45) is 5.92 Å². The van der Waals surface area contributed by atoms with Crippen molar-refractivity contribution in [2.45, 2.75) is 19.8 Å². The maximum absolute atomic E-state index is 14.7. The van der Waals surface area contributed by atoms with E-state index in [4.69, 9.17) is 0 Å². The Morgan fingerprint density at radius 3 is 2.89 bits per heavy atom. The lowest BCUT2D eigenvalue weighted by Crippen LogP contribution is -2.40. The molecule has 2 fully saturated rings. The predicted molar refractivity (Wildman–Crippen MR) is 103 cm³/mol. The number of hydrogen-bond acceptors (Lipinski definition) is 6. The first kappa shape index (κ1) is 18.8. The number of nitrogens with one attached hydrogen (secondary N) is 1. The molecule has 1 unspecified atom stereocenters. The van der Waals surface area contributed by atoms with Crippen LogP contribution >= 0.6 is 0 Å². The van der Waals surface area contributed by atoms with Crippen molar-refractivity contribution < 1.29 is 9.18 Å². The fourth-order valence-corrected chi connectivity index (χ4v) is 4.13. The molecule has 0 radical (unpaired) electrons. The summed E-state index contributed by atoms with van der Waals surface area (Å²) in [7, 11) is 0. The number of carbonyl (C=O) groups excluding carboxylic acids is 1. The fourth-order valence-electron chi connectivity index (χ4n) is 4.13. The number of anilines is 1. The number of tetrazole rings is 1. The number of amides is 1. The normalized spacial score (nSPS) is 21.1. The fraction of sp³-hybridized carbons (Fsp3) is 0.579. The SMILES string of the molecule is CCN1CCCN(C(=O)C2CCN(c3ccc(-c4nn[nH]n4)cc3F)C2)CC1. The molecule has 0 spiro atoms. The van der Waals surface area contributed by atoms with Gasteiger partial charge in [0.05, 0.1) is 11.6 Å². The third-order valence-corrected chi connectivity index (χ3v) is 5.78. The van der Waals surface area contributed by atoms with Crippen LogP contribution in [-0.4, -0.2) is 82.1 Å². The number of likely N-dealkylation sites (N-methyl/N-ethyl adjacent to an activating group) is 1. The van der Waals surface area contributed by atoms with E-state index in [1.54, 1.807) is 12.1 Å². The maximum atomic E-state index is 14.7. The Kier molecular flexibility index (Phi) is 5.52. The molecule has 1 N–H and O–H groups in total.